The first-order chi connectivity index (χ1) is 9.56. The van der Waals surface area contributed by atoms with Gasteiger partial charge in [-0.25, -0.2) is 0 Å². The van der Waals surface area contributed by atoms with E-state index in [1.54, 1.807) is 0 Å². The second kappa shape index (κ2) is 6.28. The van der Waals surface area contributed by atoms with E-state index in [4.69, 9.17) is 5.73 Å². The SMILES string of the molecule is CCN(CC)C(C)(CC)C(N)CC1Cc2ccccc21. The van der Waals surface area contributed by atoms with Gasteiger partial charge in [-0.1, -0.05) is 45.0 Å². The molecule has 0 aliphatic heterocycles. The van der Waals surface area contributed by atoms with Crippen LogP contribution in [0.5, 0.6) is 0 Å². The molecule has 0 fully saturated rings. The molecule has 0 aromatic heterocycles. The minimum Gasteiger partial charge on any atom is -0.326 e. The number of benzene rings is 1. The van der Waals surface area contributed by atoms with Crippen LogP contribution in [0.3, 0.4) is 0 Å². The van der Waals surface area contributed by atoms with Crippen molar-refractivity contribution in [2.45, 2.75) is 64.5 Å². The van der Waals surface area contributed by atoms with Crippen molar-refractivity contribution >= 4 is 0 Å². The van der Waals surface area contributed by atoms with Gasteiger partial charge in [-0.2, -0.15) is 0 Å². The van der Waals surface area contributed by atoms with Crippen LogP contribution in [0.25, 0.3) is 0 Å². The predicted molar refractivity (Wildman–Crippen MR) is 87.1 cm³/mol. The Kier molecular flexibility index (Phi) is 4.87. The van der Waals surface area contributed by atoms with E-state index in [9.17, 15) is 0 Å². The Hall–Kier alpha value is -0.860. The van der Waals surface area contributed by atoms with Crippen molar-refractivity contribution in [1.82, 2.24) is 4.90 Å². The molecule has 0 bridgehead atoms. The molecular weight excluding hydrogens is 244 g/mol. The molecule has 1 aliphatic rings. The molecule has 3 unspecified atom stereocenters. The Morgan fingerprint density at radius 3 is 2.45 bits per heavy atom. The highest BCUT2D eigenvalue weighted by atomic mass is 15.2. The maximum absolute atomic E-state index is 6.64. The highest BCUT2D eigenvalue weighted by molar-refractivity contribution is 5.40. The molecule has 1 aromatic rings. The molecule has 2 rings (SSSR count). The van der Waals surface area contributed by atoms with Crippen LogP contribution < -0.4 is 5.73 Å². The predicted octanol–water partition coefficient (Wildman–Crippen LogP) is 3.55. The number of likely N-dealkylation sites (N-methyl/N-ethyl adjacent to an activating group) is 1. The number of rotatable bonds is 7. The van der Waals surface area contributed by atoms with Gasteiger partial charge in [-0.15, -0.1) is 0 Å². The third kappa shape index (κ3) is 2.64. The molecule has 3 atom stereocenters. The van der Waals surface area contributed by atoms with Crippen molar-refractivity contribution in [1.29, 1.82) is 0 Å². The summed E-state index contributed by atoms with van der Waals surface area (Å²) >= 11 is 0. The Balaban J connectivity index is 2.06. The van der Waals surface area contributed by atoms with Crippen LogP contribution in [0.2, 0.25) is 0 Å². The maximum atomic E-state index is 6.64. The smallest absolute Gasteiger partial charge is 0.0329 e. The normalized spacial score (nSPS) is 22.0. The maximum Gasteiger partial charge on any atom is 0.0329 e. The number of fused-ring (bicyclic) bond motifs is 1. The quantitative estimate of drug-likeness (QED) is 0.824. The monoisotopic (exact) mass is 274 g/mol. The first kappa shape index (κ1) is 15.5. The van der Waals surface area contributed by atoms with Gasteiger partial charge in [0, 0.05) is 11.6 Å². The average Bonchev–Trinajstić information content (AvgIpc) is 2.45. The van der Waals surface area contributed by atoms with Crippen LogP contribution in [0.4, 0.5) is 0 Å². The van der Waals surface area contributed by atoms with Gasteiger partial charge in [0.25, 0.3) is 0 Å². The summed E-state index contributed by atoms with van der Waals surface area (Å²) in [6.45, 7) is 11.2. The van der Waals surface area contributed by atoms with Crippen molar-refractivity contribution in [3.63, 3.8) is 0 Å². The molecule has 2 heteroatoms. The molecule has 0 amide bonds. The van der Waals surface area contributed by atoms with Gasteiger partial charge in [0.1, 0.15) is 0 Å². The Morgan fingerprint density at radius 2 is 1.90 bits per heavy atom. The van der Waals surface area contributed by atoms with Gasteiger partial charge in [0.2, 0.25) is 0 Å². The second-order valence-corrected chi connectivity index (χ2v) is 6.33. The van der Waals surface area contributed by atoms with E-state index < -0.39 is 0 Å². The lowest BCUT2D eigenvalue weighted by atomic mass is 9.71. The summed E-state index contributed by atoms with van der Waals surface area (Å²) in [5.74, 6) is 0.669. The van der Waals surface area contributed by atoms with E-state index in [2.05, 4.69) is 56.9 Å². The van der Waals surface area contributed by atoms with Gasteiger partial charge in [-0.05, 0) is 56.3 Å². The van der Waals surface area contributed by atoms with Crippen LogP contribution in [-0.4, -0.2) is 29.6 Å². The average molecular weight is 274 g/mol. The molecule has 2 N–H and O–H groups in total. The Morgan fingerprint density at radius 1 is 1.25 bits per heavy atom. The van der Waals surface area contributed by atoms with E-state index in [-0.39, 0.29) is 11.6 Å². The number of hydrogen-bond acceptors (Lipinski definition) is 2. The van der Waals surface area contributed by atoms with Gasteiger partial charge >= 0.3 is 0 Å². The van der Waals surface area contributed by atoms with Gasteiger partial charge in [0.15, 0.2) is 0 Å². The topological polar surface area (TPSA) is 29.3 Å². The second-order valence-electron chi connectivity index (χ2n) is 6.33. The van der Waals surface area contributed by atoms with E-state index in [0.717, 1.165) is 25.9 Å². The van der Waals surface area contributed by atoms with E-state index >= 15 is 0 Å². The first-order valence-electron chi connectivity index (χ1n) is 8.15. The fraction of sp³-hybridized carbons (Fsp3) is 0.667. The van der Waals surface area contributed by atoms with Crippen LogP contribution >= 0.6 is 0 Å². The highest BCUT2D eigenvalue weighted by Gasteiger charge is 2.38. The summed E-state index contributed by atoms with van der Waals surface area (Å²) in [4.78, 5) is 2.53. The van der Waals surface area contributed by atoms with Crippen molar-refractivity contribution in [2.75, 3.05) is 13.1 Å². The Bertz CT molecular complexity index is 439. The molecule has 0 heterocycles. The Labute approximate surface area is 124 Å². The third-order valence-electron chi connectivity index (χ3n) is 5.50. The summed E-state index contributed by atoms with van der Waals surface area (Å²) in [6.07, 6.45) is 3.43. The number of nitrogens with two attached hydrogens (primary N) is 1. The van der Waals surface area contributed by atoms with Gasteiger partial charge in [-0.3, -0.25) is 4.90 Å². The summed E-state index contributed by atoms with van der Waals surface area (Å²) < 4.78 is 0. The zero-order chi connectivity index (χ0) is 14.8. The van der Waals surface area contributed by atoms with Gasteiger partial charge < -0.3 is 5.73 Å². The highest BCUT2D eigenvalue weighted by Crippen LogP contribution is 2.40. The van der Waals surface area contributed by atoms with Crippen molar-refractivity contribution in [3.05, 3.63) is 35.4 Å². The molecule has 112 valence electrons. The van der Waals surface area contributed by atoms with E-state index in [0.29, 0.717) is 5.92 Å². The van der Waals surface area contributed by atoms with Crippen molar-refractivity contribution < 1.29 is 0 Å². The summed E-state index contributed by atoms with van der Waals surface area (Å²) in [5, 5.41) is 0. The molecule has 0 saturated carbocycles. The van der Waals surface area contributed by atoms with Crippen LogP contribution in [0, 0.1) is 0 Å². The third-order valence-corrected chi connectivity index (χ3v) is 5.50. The zero-order valence-corrected chi connectivity index (χ0v) is 13.5. The zero-order valence-electron chi connectivity index (χ0n) is 13.5. The molecule has 1 aromatic carbocycles. The largest absolute Gasteiger partial charge is 0.326 e. The standard InChI is InChI=1S/C18H30N2/c1-5-18(4,20(6-2)7-3)17(19)13-15-12-14-10-8-9-11-16(14)15/h8-11,15,17H,5-7,12-13,19H2,1-4H3. The van der Waals surface area contributed by atoms with Crippen LogP contribution in [0.1, 0.15) is 57.6 Å². The van der Waals surface area contributed by atoms with Crippen LogP contribution in [-0.2, 0) is 6.42 Å². The molecule has 0 spiro atoms. The van der Waals surface area contributed by atoms with Crippen molar-refractivity contribution in [2.24, 2.45) is 5.73 Å². The molecule has 2 nitrogen and oxygen atoms in total. The minimum atomic E-state index is 0.119. The molecular formula is C18H30N2. The van der Waals surface area contributed by atoms with E-state index in [1.165, 1.54) is 17.5 Å². The molecule has 0 saturated heterocycles. The van der Waals surface area contributed by atoms with Crippen LogP contribution in [0.15, 0.2) is 24.3 Å². The van der Waals surface area contributed by atoms with Crippen molar-refractivity contribution in [3.8, 4) is 0 Å². The summed E-state index contributed by atoms with van der Waals surface area (Å²) in [7, 11) is 0. The lowest BCUT2D eigenvalue weighted by molar-refractivity contribution is 0.0778. The summed E-state index contributed by atoms with van der Waals surface area (Å²) in [5.41, 5.74) is 9.81. The first-order valence-corrected chi connectivity index (χ1v) is 8.15. The fourth-order valence-electron chi connectivity index (χ4n) is 3.80. The van der Waals surface area contributed by atoms with Gasteiger partial charge in [0.05, 0.1) is 0 Å². The lowest BCUT2D eigenvalue weighted by Gasteiger charge is -2.46. The fourth-order valence-corrected chi connectivity index (χ4v) is 3.80. The molecule has 0 radical (unpaired) electrons. The molecule has 20 heavy (non-hydrogen) atoms. The molecule has 1 aliphatic carbocycles. The van der Waals surface area contributed by atoms with E-state index in [1.807, 2.05) is 0 Å². The minimum absolute atomic E-state index is 0.119. The lowest BCUT2D eigenvalue weighted by Crippen LogP contribution is -2.58. The number of hydrogen-bond donors (Lipinski definition) is 1. The number of nitrogens with zero attached hydrogens (tertiary/aromatic N) is 1. The summed E-state index contributed by atoms with van der Waals surface area (Å²) in [6, 6.07) is 9.06.